The molecule has 0 aliphatic carbocycles. The fourth-order valence-corrected chi connectivity index (χ4v) is 2.10. The summed E-state index contributed by atoms with van der Waals surface area (Å²) < 4.78 is 5.75. The highest BCUT2D eigenvalue weighted by atomic mass is 16.5. The standard InChI is InChI=1S/C12H25N3O2/c1-2-8-17-10-4-3-6-15(9-10)7-5-11(13)12(14)16/h10-11H,2-9,13H2,1H3,(H2,14,16). The van der Waals surface area contributed by atoms with Crippen LogP contribution in [0.15, 0.2) is 0 Å². The van der Waals surface area contributed by atoms with Crippen LogP contribution in [0.25, 0.3) is 0 Å². The number of hydrogen-bond acceptors (Lipinski definition) is 4. The molecule has 2 atom stereocenters. The zero-order chi connectivity index (χ0) is 12.7. The zero-order valence-electron chi connectivity index (χ0n) is 10.7. The predicted octanol–water partition coefficient (Wildman–Crippen LogP) is 0.0801. The molecule has 0 aromatic rings. The highest BCUT2D eigenvalue weighted by Crippen LogP contribution is 2.13. The Balaban J connectivity index is 2.22. The van der Waals surface area contributed by atoms with Crippen LogP contribution in [0.2, 0.25) is 0 Å². The second kappa shape index (κ2) is 7.63. The molecule has 1 saturated heterocycles. The first kappa shape index (κ1) is 14.4. The maximum Gasteiger partial charge on any atom is 0.234 e. The molecule has 1 amide bonds. The van der Waals surface area contributed by atoms with Crippen molar-refractivity contribution in [3.05, 3.63) is 0 Å². The molecular formula is C12H25N3O2. The SMILES string of the molecule is CCCOC1CCCN(CCC(N)C(N)=O)C1. The molecule has 1 fully saturated rings. The molecule has 17 heavy (non-hydrogen) atoms. The average molecular weight is 243 g/mol. The van der Waals surface area contributed by atoms with Gasteiger partial charge in [0.05, 0.1) is 12.1 Å². The summed E-state index contributed by atoms with van der Waals surface area (Å²) in [5.41, 5.74) is 10.8. The normalized spacial score (nSPS) is 23.5. The summed E-state index contributed by atoms with van der Waals surface area (Å²) in [4.78, 5) is 13.1. The Bertz CT molecular complexity index is 236. The third-order valence-electron chi connectivity index (χ3n) is 3.14. The zero-order valence-corrected chi connectivity index (χ0v) is 10.7. The third-order valence-corrected chi connectivity index (χ3v) is 3.14. The van der Waals surface area contributed by atoms with Crippen LogP contribution >= 0.6 is 0 Å². The van der Waals surface area contributed by atoms with Gasteiger partial charge < -0.3 is 21.1 Å². The number of ether oxygens (including phenoxy) is 1. The number of carbonyl (C=O) groups excluding carboxylic acids is 1. The van der Waals surface area contributed by atoms with Gasteiger partial charge in [0.1, 0.15) is 0 Å². The maximum absolute atomic E-state index is 10.8. The first-order chi connectivity index (χ1) is 8.13. The first-order valence-corrected chi connectivity index (χ1v) is 6.52. The summed E-state index contributed by atoms with van der Waals surface area (Å²) in [5, 5.41) is 0. The molecule has 1 aliphatic heterocycles. The van der Waals surface area contributed by atoms with Gasteiger partial charge in [-0.3, -0.25) is 4.79 Å². The second-order valence-electron chi connectivity index (χ2n) is 4.73. The summed E-state index contributed by atoms with van der Waals surface area (Å²) >= 11 is 0. The number of rotatable bonds is 7. The average Bonchev–Trinajstić information content (AvgIpc) is 2.33. The number of primary amides is 1. The molecule has 5 heteroatoms. The number of amides is 1. The maximum atomic E-state index is 10.8. The van der Waals surface area contributed by atoms with Crippen molar-refractivity contribution < 1.29 is 9.53 Å². The van der Waals surface area contributed by atoms with Crippen molar-refractivity contribution in [2.24, 2.45) is 11.5 Å². The lowest BCUT2D eigenvalue weighted by atomic mass is 10.1. The highest BCUT2D eigenvalue weighted by Gasteiger charge is 2.21. The number of nitrogens with two attached hydrogens (primary N) is 2. The molecule has 1 rings (SSSR count). The van der Waals surface area contributed by atoms with Crippen molar-refractivity contribution in [2.45, 2.75) is 44.8 Å². The van der Waals surface area contributed by atoms with E-state index in [2.05, 4.69) is 11.8 Å². The van der Waals surface area contributed by atoms with Crippen molar-refractivity contribution in [2.75, 3.05) is 26.2 Å². The van der Waals surface area contributed by atoms with Crippen LogP contribution in [0, 0.1) is 0 Å². The first-order valence-electron chi connectivity index (χ1n) is 6.52. The fraction of sp³-hybridized carbons (Fsp3) is 0.917. The van der Waals surface area contributed by atoms with E-state index in [9.17, 15) is 4.79 Å². The van der Waals surface area contributed by atoms with Gasteiger partial charge in [0.25, 0.3) is 0 Å². The Morgan fingerprint density at radius 2 is 2.35 bits per heavy atom. The van der Waals surface area contributed by atoms with Crippen molar-refractivity contribution in [3.63, 3.8) is 0 Å². The van der Waals surface area contributed by atoms with Gasteiger partial charge in [-0.1, -0.05) is 6.92 Å². The largest absolute Gasteiger partial charge is 0.377 e. The van der Waals surface area contributed by atoms with Gasteiger partial charge in [-0.2, -0.15) is 0 Å². The number of nitrogens with zero attached hydrogens (tertiary/aromatic N) is 1. The molecule has 1 heterocycles. The summed E-state index contributed by atoms with van der Waals surface area (Å²) in [6, 6.07) is -0.521. The molecule has 0 aromatic carbocycles. The number of piperidine rings is 1. The van der Waals surface area contributed by atoms with Crippen LogP contribution in [0.1, 0.15) is 32.6 Å². The predicted molar refractivity (Wildman–Crippen MR) is 67.5 cm³/mol. The van der Waals surface area contributed by atoms with E-state index in [0.29, 0.717) is 12.5 Å². The summed E-state index contributed by atoms with van der Waals surface area (Å²) in [6.07, 6.45) is 4.32. The Labute approximate surface area is 103 Å². The molecule has 100 valence electrons. The van der Waals surface area contributed by atoms with E-state index in [0.717, 1.165) is 45.5 Å². The van der Waals surface area contributed by atoms with Crippen molar-refractivity contribution in [3.8, 4) is 0 Å². The lowest BCUT2D eigenvalue weighted by Gasteiger charge is -2.32. The van der Waals surface area contributed by atoms with E-state index in [1.807, 2.05) is 0 Å². The van der Waals surface area contributed by atoms with Gasteiger partial charge in [-0.05, 0) is 32.2 Å². The number of hydrogen-bond donors (Lipinski definition) is 2. The van der Waals surface area contributed by atoms with Crippen molar-refractivity contribution in [1.82, 2.24) is 4.90 Å². The van der Waals surface area contributed by atoms with E-state index >= 15 is 0 Å². The second-order valence-corrected chi connectivity index (χ2v) is 4.73. The molecule has 4 N–H and O–H groups in total. The van der Waals surface area contributed by atoms with E-state index in [-0.39, 0.29) is 0 Å². The van der Waals surface area contributed by atoms with Crippen LogP contribution < -0.4 is 11.5 Å². The fourth-order valence-electron chi connectivity index (χ4n) is 2.10. The van der Waals surface area contributed by atoms with Gasteiger partial charge in [0.2, 0.25) is 5.91 Å². The molecule has 2 unspecified atom stereocenters. The van der Waals surface area contributed by atoms with E-state index in [4.69, 9.17) is 16.2 Å². The molecule has 0 aromatic heterocycles. The lowest BCUT2D eigenvalue weighted by Crippen LogP contribution is -2.44. The molecule has 5 nitrogen and oxygen atoms in total. The molecular weight excluding hydrogens is 218 g/mol. The summed E-state index contributed by atoms with van der Waals surface area (Å²) in [6.45, 7) is 5.80. The number of likely N-dealkylation sites (tertiary alicyclic amines) is 1. The third kappa shape index (κ3) is 5.48. The van der Waals surface area contributed by atoms with Crippen molar-refractivity contribution >= 4 is 5.91 Å². The van der Waals surface area contributed by atoms with E-state index in [1.165, 1.54) is 0 Å². The minimum absolute atomic E-state index is 0.341. The number of carbonyl (C=O) groups is 1. The molecule has 0 radical (unpaired) electrons. The monoisotopic (exact) mass is 243 g/mol. The van der Waals surface area contributed by atoms with Crippen LogP contribution in [0.3, 0.4) is 0 Å². The Hall–Kier alpha value is -0.650. The topological polar surface area (TPSA) is 81.6 Å². The van der Waals surface area contributed by atoms with Crippen LogP contribution in [0.4, 0.5) is 0 Å². The van der Waals surface area contributed by atoms with Gasteiger partial charge in [0.15, 0.2) is 0 Å². The Morgan fingerprint density at radius 3 is 3.00 bits per heavy atom. The van der Waals surface area contributed by atoms with Gasteiger partial charge in [-0.25, -0.2) is 0 Å². The highest BCUT2D eigenvalue weighted by molar-refractivity contribution is 5.79. The van der Waals surface area contributed by atoms with Crippen LogP contribution in [-0.4, -0.2) is 49.2 Å². The van der Waals surface area contributed by atoms with Crippen molar-refractivity contribution in [1.29, 1.82) is 0 Å². The Kier molecular flexibility index (Phi) is 6.47. The molecule has 1 aliphatic rings. The smallest absolute Gasteiger partial charge is 0.234 e. The van der Waals surface area contributed by atoms with Crippen LogP contribution in [0.5, 0.6) is 0 Å². The lowest BCUT2D eigenvalue weighted by molar-refractivity contribution is -0.119. The molecule has 0 bridgehead atoms. The minimum atomic E-state index is -0.521. The quantitative estimate of drug-likeness (QED) is 0.663. The summed E-state index contributed by atoms with van der Waals surface area (Å²) in [7, 11) is 0. The molecule has 0 saturated carbocycles. The van der Waals surface area contributed by atoms with E-state index in [1.54, 1.807) is 0 Å². The molecule has 0 spiro atoms. The Morgan fingerprint density at radius 1 is 1.59 bits per heavy atom. The van der Waals surface area contributed by atoms with Gasteiger partial charge in [-0.15, -0.1) is 0 Å². The van der Waals surface area contributed by atoms with E-state index < -0.39 is 11.9 Å². The van der Waals surface area contributed by atoms with Crippen LogP contribution in [-0.2, 0) is 9.53 Å². The minimum Gasteiger partial charge on any atom is -0.377 e. The van der Waals surface area contributed by atoms with Gasteiger partial charge in [0, 0.05) is 19.7 Å². The summed E-state index contributed by atoms with van der Waals surface area (Å²) in [5.74, 6) is -0.416. The van der Waals surface area contributed by atoms with Gasteiger partial charge >= 0.3 is 0 Å².